The minimum absolute atomic E-state index is 0.130. The van der Waals surface area contributed by atoms with Gasteiger partial charge >= 0.3 is 0 Å². The normalized spacial score (nSPS) is 14.5. The molecule has 1 aromatic carbocycles. The van der Waals surface area contributed by atoms with Crippen LogP contribution in [0.1, 0.15) is 20.8 Å². The van der Waals surface area contributed by atoms with Crippen LogP contribution in [0.2, 0.25) is 0 Å². The maximum atomic E-state index is 12.5. The van der Waals surface area contributed by atoms with Gasteiger partial charge in [-0.1, -0.05) is 18.2 Å². The lowest BCUT2D eigenvalue weighted by atomic mass is 10.1. The number of aromatic amines is 1. The van der Waals surface area contributed by atoms with E-state index >= 15 is 0 Å². The Kier molecular flexibility index (Phi) is 6.35. The number of pyridine rings is 1. The summed E-state index contributed by atoms with van der Waals surface area (Å²) in [4.78, 5) is 40.9. The molecule has 1 aromatic heterocycles. The number of rotatable bonds is 6. The molecule has 142 valence electrons. The number of amides is 2. The number of benzene rings is 1. The summed E-state index contributed by atoms with van der Waals surface area (Å²) in [6.07, 6.45) is 0. The van der Waals surface area contributed by atoms with Gasteiger partial charge in [0.05, 0.1) is 24.5 Å². The Bertz CT molecular complexity index is 859. The first kappa shape index (κ1) is 18.8. The Morgan fingerprint density at radius 3 is 2.59 bits per heavy atom. The van der Waals surface area contributed by atoms with Crippen molar-refractivity contribution < 1.29 is 14.3 Å². The summed E-state index contributed by atoms with van der Waals surface area (Å²) in [5.41, 5.74) is 0.518. The highest BCUT2D eigenvalue weighted by Crippen LogP contribution is 2.15. The molecule has 0 atom stereocenters. The predicted molar refractivity (Wildman–Crippen MR) is 101 cm³/mol. The largest absolute Gasteiger partial charge is 0.379 e. The average molecular weight is 370 g/mol. The smallest absolute Gasteiger partial charge is 0.272 e. The zero-order chi connectivity index (χ0) is 19.1. The van der Waals surface area contributed by atoms with Gasteiger partial charge < -0.3 is 20.4 Å². The van der Waals surface area contributed by atoms with Gasteiger partial charge in [-0.05, 0) is 18.2 Å². The average Bonchev–Trinajstić information content (AvgIpc) is 2.69. The van der Waals surface area contributed by atoms with E-state index in [0.717, 1.165) is 19.6 Å². The van der Waals surface area contributed by atoms with E-state index in [1.165, 1.54) is 18.2 Å². The van der Waals surface area contributed by atoms with Crippen molar-refractivity contribution in [3.8, 4) is 0 Å². The molecular weight excluding hydrogens is 348 g/mol. The van der Waals surface area contributed by atoms with Crippen molar-refractivity contribution in [2.75, 3.05) is 44.7 Å². The topological polar surface area (TPSA) is 104 Å². The molecule has 0 saturated carbocycles. The summed E-state index contributed by atoms with van der Waals surface area (Å²) < 4.78 is 5.30. The fourth-order valence-corrected chi connectivity index (χ4v) is 2.81. The predicted octanol–water partition coefficient (Wildman–Crippen LogP) is 0.689. The number of morpholine rings is 1. The van der Waals surface area contributed by atoms with Crippen molar-refractivity contribution in [2.24, 2.45) is 0 Å². The van der Waals surface area contributed by atoms with Gasteiger partial charge in [0.2, 0.25) is 5.56 Å². The molecule has 0 bridgehead atoms. The summed E-state index contributed by atoms with van der Waals surface area (Å²) in [5, 5.41) is 5.56. The standard InChI is InChI=1S/C19H22N4O4/c24-17-7-3-6-16(21-17)19(26)22-15-5-2-1-4-14(15)18(25)20-8-9-23-10-12-27-13-11-23/h1-7H,8-13H2,(H,20,25)(H,21,24)(H,22,26). The highest BCUT2D eigenvalue weighted by molar-refractivity contribution is 6.08. The molecule has 2 heterocycles. The van der Waals surface area contributed by atoms with Crippen molar-refractivity contribution in [1.29, 1.82) is 0 Å². The molecule has 1 aliphatic heterocycles. The molecular formula is C19H22N4O4. The van der Waals surface area contributed by atoms with Gasteiger partial charge in [-0.3, -0.25) is 19.3 Å². The van der Waals surface area contributed by atoms with Crippen LogP contribution in [0.3, 0.4) is 0 Å². The Morgan fingerprint density at radius 1 is 1.04 bits per heavy atom. The van der Waals surface area contributed by atoms with Crippen molar-refractivity contribution >= 4 is 17.5 Å². The van der Waals surface area contributed by atoms with Gasteiger partial charge in [-0.25, -0.2) is 0 Å². The second-order valence-electron chi connectivity index (χ2n) is 6.14. The van der Waals surface area contributed by atoms with E-state index < -0.39 is 5.91 Å². The molecule has 0 radical (unpaired) electrons. The summed E-state index contributed by atoms with van der Waals surface area (Å²) in [6, 6.07) is 11.1. The lowest BCUT2D eigenvalue weighted by molar-refractivity contribution is 0.0383. The van der Waals surface area contributed by atoms with Gasteiger partial charge in [-0.2, -0.15) is 0 Å². The van der Waals surface area contributed by atoms with E-state index in [4.69, 9.17) is 4.74 Å². The molecule has 1 aliphatic rings. The second-order valence-corrected chi connectivity index (χ2v) is 6.14. The summed E-state index contributed by atoms with van der Waals surface area (Å²) in [6.45, 7) is 4.40. The number of anilines is 1. The fraction of sp³-hybridized carbons (Fsp3) is 0.316. The van der Waals surface area contributed by atoms with Gasteiger partial charge in [-0.15, -0.1) is 0 Å². The number of H-pyrrole nitrogens is 1. The zero-order valence-corrected chi connectivity index (χ0v) is 14.9. The highest BCUT2D eigenvalue weighted by atomic mass is 16.5. The molecule has 3 rings (SSSR count). The Hall–Kier alpha value is -2.97. The molecule has 0 aliphatic carbocycles. The number of para-hydroxylation sites is 1. The van der Waals surface area contributed by atoms with Crippen LogP contribution in [-0.4, -0.2) is 61.1 Å². The molecule has 27 heavy (non-hydrogen) atoms. The lowest BCUT2D eigenvalue weighted by Gasteiger charge is -2.26. The minimum Gasteiger partial charge on any atom is -0.379 e. The number of carbonyl (C=O) groups is 2. The SMILES string of the molecule is O=C(Nc1ccccc1C(=O)NCCN1CCOCC1)c1cccc(=O)[nH]1. The third kappa shape index (κ3) is 5.25. The van der Waals surface area contributed by atoms with Crippen LogP contribution < -0.4 is 16.2 Å². The second kappa shape index (κ2) is 9.11. The van der Waals surface area contributed by atoms with E-state index in [9.17, 15) is 14.4 Å². The maximum Gasteiger partial charge on any atom is 0.272 e. The first-order valence-electron chi connectivity index (χ1n) is 8.81. The van der Waals surface area contributed by atoms with Crippen LogP contribution in [0.4, 0.5) is 5.69 Å². The van der Waals surface area contributed by atoms with E-state index in [0.29, 0.717) is 31.0 Å². The molecule has 3 N–H and O–H groups in total. The van der Waals surface area contributed by atoms with Gasteiger partial charge in [0.25, 0.3) is 11.8 Å². The van der Waals surface area contributed by atoms with Crippen molar-refractivity contribution in [3.63, 3.8) is 0 Å². The third-order valence-electron chi connectivity index (χ3n) is 4.25. The van der Waals surface area contributed by atoms with Gasteiger partial charge in [0.15, 0.2) is 0 Å². The van der Waals surface area contributed by atoms with Crippen LogP contribution in [0.15, 0.2) is 47.3 Å². The molecule has 2 aromatic rings. The Morgan fingerprint density at radius 2 is 1.81 bits per heavy atom. The van der Waals surface area contributed by atoms with Gasteiger partial charge in [0, 0.05) is 32.2 Å². The summed E-state index contributed by atoms with van der Waals surface area (Å²) in [5.74, 6) is -0.748. The lowest BCUT2D eigenvalue weighted by Crippen LogP contribution is -2.41. The Labute approximate surface area is 156 Å². The number of nitrogens with one attached hydrogen (secondary N) is 3. The summed E-state index contributed by atoms with van der Waals surface area (Å²) in [7, 11) is 0. The molecule has 8 heteroatoms. The number of aromatic nitrogens is 1. The van der Waals surface area contributed by atoms with Crippen LogP contribution in [0, 0.1) is 0 Å². The van der Waals surface area contributed by atoms with Crippen LogP contribution >= 0.6 is 0 Å². The van der Waals surface area contributed by atoms with Crippen molar-refractivity contribution in [3.05, 3.63) is 64.1 Å². The molecule has 1 fully saturated rings. The molecule has 8 nitrogen and oxygen atoms in total. The van der Waals surface area contributed by atoms with Crippen molar-refractivity contribution in [2.45, 2.75) is 0 Å². The third-order valence-corrected chi connectivity index (χ3v) is 4.25. The maximum absolute atomic E-state index is 12.5. The van der Waals surface area contributed by atoms with E-state index in [2.05, 4.69) is 20.5 Å². The number of hydrogen-bond donors (Lipinski definition) is 3. The highest BCUT2D eigenvalue weighted by Gasteiger charge is 2.15. The van der Waals surface area contributed by atoms with Gasteiger partial charge in [0.1, 0.15) is 5.69 Å². The molecule has 2 amide bonds. The number of ether oxygens (including phenoxy) is 1. The first-order chi connectivity index (χ1) is 13.1. The molecule has 1 saturated heterocycles. The number of nitrogens with zero attached hydrogens (tertiary/aromatic N) is 1. The molecule has 0 spiro atoms. The van der Waals surface area contributed by atoms with E-state index in [1.54, 1.807) is 24.3 Å². The van der Waals surface area contributed by atoms with Crippen molar-refractivity contribution in [1.82, 2.24) is 15.2 Å². The molecule has 0 unspecified atom stereocenters. The first-order valence-corrected chi connectivity index (χ1v) is 8.81. The number of hydrogen-bond acceptors (Lipinski definition) is 5. The van der Waals surface area contributed by atoms with Crippen LogP contribution in [0.5, 0.6) is 0 Å². The van der Waals surface area contributed by atoms with E-state index in [-0.39, 0.29) is 17.2 Å². The minimum atomic E-state index is -0.485. The Balaban J connectivity index is 1.61. The number of carbonyl (C=O) groups excluding carboxylic acids is 2. The summed E-state index contributed by atoms with van der Waals surface area (Å²) >= 11 is 0. The fourth-order valence-electron chi connectivity index (χ4n) is 2.81. The van der Waals surface area contributed by atoms with E-state index in [1.807, 2.05) is 0 Å². The zero-order valence-electron chi connectivity index (χ0n) is 14.9. The van der Waals surface area contributed by atoms with Crippen LogP contribution in [-0.2, 0) is 4.74 Å². The monoisotopic (exact) mass is 370 g/mol. The quantitative estimate of drug-likeness (QED) is 0.694. The van der Waals surface area contributed by atoms with Crippen LogP contribution in [0.25, 0.3) is 0 Å².